The molecule has 2 heterocycles. The van der Waals surface area contributed by atoms with Crippen molar-refractivity contribution in [2.45, 2.75) is 10.9 Å². The number of para-hydroxylation sites is 1. The van der Waals surface area contributed by atoms with E-state index in [4.69, 9.17) is 11.6 Å². The van der Waals surface area contributed by atoms with Crippen LogP contribution in [-0.4, -0.2) is 24.7 Å². The lowest BCUT2D eigenvalue weighted by Crippen LogP contribution is -2.11. The number of nitrogens with zero attached hydrogens (tertiary/aromatic N) is 4. The number of aromatic nitrogens is 5. The van der Waals surface area contributed by atoms with Gasteiger partial charge in [-0.3, -0.25) is 9.36 Å². The Bertz CT molecular complexity index is 1090. The number of rotatable bonds is 4. The van der Waals surface area contributed by atoms with Crippen molar-refractivity contribution in [2.75, 3.05) is 0 Å². The summed E-state index contributed by atoms with van der Waals surface area (Å²) in [6, 6.07) is 14.9. The van der Waals surface area contributed by atoms with Crippen LogP contribution in [0.25, 0.3) is 16.6 Å². The van der Waals surface area contributed by atoms with Gasteiger partial charge in [-0.05, 0) is 30.3 Å². The van der Waals surface area contributed by atoms with E-state index in [1.807, 2.05) is 34.9 Å². The Morgan fingerprint density at radius 3 is 2.84 bits per heavy atom. The highest BCUT2D eigenvalue weighted by Crippen LogP contribution is 2.22. The zero-order valence-electron chi connectivity index (χ0n) is 12.9. The standard InChI is InChI=1S/C17H12ClN5OS/c18-11-6-7-14-13(8-11)16(24)21-15(20-14)9-25-17-22-19-10-23(17)12-4-2-1-3-5-12/h1-8,10H,9H2,(H,20,21,24). The van der Waals surface area contributed by atoms with Gasteiger partial charge in [0, 0.05) is 10.7 Å². The average Bonchev–Trinajstić information content (AvgIpc) is 3.10. The van der Waals surface area contributed by atoms with Crippen LogP contribution in [0, 0.1) is 0 Å². The molecule has 6 nitrogen and oxygen atoms in total. The molecule has 0 aliphatic heterocycles. The molecule has 4 aromatic rings. The molecule has 0 aliphatic rings. The second-order valence-electron chi connectivity index (χ2n) is 5.28. The van der Waals surface area contributed by atoms with Crippen molar-refractivity contribution in [3.8, 4) is 5.69 Å². The van der Waals surface area contributed by atoms with Crippen LogP contribution in [0.2, 0.25) is 5.02 Å². The van der Waals surface area contributed by atoms with E-state index in [1.165, 1.54) is 11.8 Å². The Kier molecular flexibility index (Phi) is 4.25. The lowest BCUT2D eigenvalue weighted by molar-refractivity contribution is 0.881. The molecule has 124 valence electrons. The van der Waals surface area contributed by atoms with Crippen LogP contribution in [-0.2, 0) is 5.75 Å². The van der Waals surface area contributed by atoms with Gasteiger partial charge < -0.3 is 4.98 Å². The van der Waals surface area contributed by atoms with E-state index in [9.17, 15) is 4.79 Å². The summed E-state index contributed by atoms with van der Waals surface area (Å²) < 4.78 is 1.89. The molecule has 8 heteroatoms. The Morgan fingerprint density at radius 2 is 2.00 bits per heavy atom. The molecule has 0 amide bonds. The minimum atomic E-state index is -0.201. The van der Waals surface area contributed by atoms with Crippen LogP contribution in [0.3, 0.4) is 0 Å². The van der Waals surface area contributed by atoms with Crippen LogP contribution in [0.15, 0.2) is 64.8 Å². The number of aromatic amines is 1. The van der Waals surface area contributed by atoms with Gasteiger partial charge in [-0.2, -0.15) is 0 Å². The molecule has 0 radical (unpaired) electrons. The molecule has 25 heavy (non-hydrogen) atoms. The van der Waals surface area contributed by atoms with E-state index in [2.05, 4.69) is 20.2 Å². The molecule has 2 aromatic carbocycles. The predicted molar refractivity (Wildman–Crippen MR) is 98.3 cm³/mol. The largest absolute Gasteiger partial charge is 0.309 e. The molecule has 0 fully saturated rings. The summed E-state index contributed by atoms with van der Waals surface area (Å²) in [7, 11) is 0. The summed E-state index contributed by atoms with van der Waals surface area (Å²) in [5.74, 6) is 1.05. The van der Waals surface area contributed by atoms with Gasteiger partial charge in [-0.25, -0.2) is 4.98 Å². The molecular weight excluding hydrogens is 358 g/mol. The molecule has 4 rings (SSSR count). The number of H-pyrrole nitrogens is 1. The molecule has 0 atom stereocenters. The molecular formula is C17H12ClN5OS. The van der Waals surface area contributed by atoms with Crippen molar-refractivity contribution in [3.63, 3.8) is 0 Å². The summed E-state index contributed by atoms with van der Waals surface area (Å²) >= 11 is 7.38. The van der Waals surface area contributed by atoms with Crippen LogP contribution >= 0.6 is 23.4 Å². The summed E-state index contributed by atoms with van der Waals surface area (Å²) in [6.45, 7) is 0. The predicted octanol–water partition coefficient (Wildman–Crippen LogP) is 3.45. The van der Waals surface area contributed by atoms with Crippen LogP contribution in [0.4, 0.5) is 0 Å². The number of fused-ring (bicyclic) bond motifs is 1. The highest BCUT2D eigenvalue weighted by atomic mass is 35.5. The number of hydrogen-bond donors (Lipinski definition) is 1. The number of hydrogen-bond acceptors (Lipinski definition) is 5. The van der Waals surface area contributed by atoms with Gasteiger partial charge in [0.05, 0.1) is 16.7 Å². The Hall–Kier alpha value is -2.64. The third kappa shape index (κ3) is 3.29. The number of thioether (sulfide) groups is 1. The maximum Gasteiger partial charge on any atom is 0.258 e. The van der Waals surface area contributed by atoms with E-state index in [-0.39, 0.29) is 5.56 Å². The molecule has 0 bridgehead atoms. The Morgan fingerprint density at radius 1 is 1.16 bits per heavy atom. The number of benzene rings is 2. The minimum absolute atomic E-state index is 0.201. The molecule has 0 saturated carbocycles. The summed E-state index contributed by atoms with van der Waals surface area (Å²) in [4.78, 5) is 19.5. The first kappa shape index (κ1) is 15.9. The third-order valence-corrected chi connectivity index (χ3v) is 4.79. The second kappa shape index (κ2) is 6.70. The monoisotopic (exact) mass is 369 g/mol. The first-order valence-corrected chi connectivity index (χ1v) is 8.84. The second-order valence-corrected chi connectivity index (χ2v) is 6.66. The van der Waals surface area contributed by atoms with E-state index in [0.29, 0.717) is 27.5 Å². The Labute approximate surface area is 151 Å². The fourth-order valence-corrected chi connectivity index (χ4v) is 3.42. The zero-order chi connectivity index (χ0) is 17.2. The van der Waals surface area contributed by atoms with Gasteiger partial charge in [0.2, 0.25) is 0 Å². The zero-order valence-corrected chi connectivity index (χ0v) is 14.5. The molecule has 1 N–H and O–H groups in total. The van der Waals surface area contributed by atoms with Crippen molar-refractivity contribution in [2.24, 2.45) is 0 Å². The summed E-state index contributed by atoms with van der Waals surface area (Å²) in [5.41, 5.74) is 1.39. The average molecular weight is 370 g/mol. The summed E-state index contributed by atoms with van der Waals surface area (Å²) in [6.07, 6.45) is 1.66. The molecule has 0 aliphatic carbocycles. The third-order valence-electron chi connectivity index (χ3n) is 3.61. The fraction of sp³-hybridized carbons (Fsp3) is 0.0588. The van der Waals surface area contributed by atoms with Crippen molar-refractivity contribution < 1.29 is 0 Å². The van der Waals surface area contributed by atoms with Crippen LogP contribution in [0.1, 0.15) is 5.82 Å². The van der Waals surface area contributed by atoms with Crippen molar-refractivity contribution in [3.05, 3.63) is 76.1 Å². The molecule has 2 aromatic heterocycles. The summed E-state index contributed by atoms with van der Waals surface area (Å²) in [5, 5.41) is 9.83. The van der Waals surface area contributed by atoms with E-state index in [1.54, 1.807) is 24.5 Å². The topological polar surface area (TPSA) is 76.5 Å². The van der Waals surface area contributed by atoms with Gasteiger partial charge in [0.15, 0.2) is 5.16 Å². The first-order valence-electron chi connectivity index (χ1n) is 7.47. The molecule has 0 saturated heterocycles. The lowest BCUT2D eigenvalue weighted by atomic mass is 10.2. The van der Waals surface area contributed by atoms with Gasteiger partial charge >= 0.3 is 0 Å². The van der Waals surface area contributed by atoms with Gasteiger partial charge in [-0.1, -0.05) is 41.6 Å². The van der Waals surface area contributed by atoms with E-state index >= 15 is 0 Å². The fourth-order valence-electron chi connectivity index (χ4n) is 2.45. The van der Waals surface area contributed by atoms with Crippen molar-refractivity contribution >= 4 is 34.3 Å². The van der Waals surface area contributed by atoms with Gasteiger partial charge in [0.25, 0.3) is 5.56 Å². The maximum absolute atomic E-state index is 12.2. The van der Waals surface area contributed by atoms with Gasteiger partial charge in [0.1, 0.15) is 12.2 Å². The van der Waals surface area contributed by atoms with Crippen LogP contribution < -0.4 is 5.56 Å². The number of halogens is 1. The molecule has 0 spiro atoms. The van der Waals surface area contributed by atoms with Crippen molar-refractivity contribution in [1.82, 2.24) is 24.7 Å². The maximum atomic E-state index is 12.2. The van der Waals surface area contributed by atoms with Gasteiger partial charge in [-0.15, -0.1) is 10.2 Å². The molecule has 0 unspecified atom stereocenters. The van der Waals surface area contributed by atoms with E-state index in [0.717, 1.165) is 10.8 Å². The highest BCUT2D eigenvalue weighted by molar-refractivity contribution is 7.98. The SMILES string of the molecule is O=c1[nH]c(CSc2nncn2-c2ccccc2)nc2ccc(Cl)cc12. The first-order chi connectivity index (χ1) is 12.2. The lowest BCUT2D eigenvalue weighted by Gasteiger charge is -2.06. The smallest absolute Gasteiger partial charge is 0.258 e. The Balaban J connectivity index is 1.61. The van der Waals surface area contributed by atoms with E-state index < -0.39 is 0 Å². The highest BCUT2D eigenvalue weighted by Gasteiger charge is 2.10. The van der Waals surface area contributed by atoms with Crippen molar-refractivity contribution in [1.29, 1.82) is 0 Å². The minimum Gasteiger partial charge on any atom is -0.309 e. The van der Waals surface area contributed by atoms with Crippen LogP contribution in [0.5, 0.6) is 0 Å². The normalized spacial score (nSPS) is 11.1. The quantitative estimate of drug-likeness (QED) is 0.557. The number of nitrogens with one attached hydrogen (secondary N) is 1.